The molecule has 0 radical (unpaired) electrons. The minimum absolute atomic E-state index is 0.0680. The smallest absolute Gasteiger partial charge is 0.233 e. The molecule has 0 saturated heterocycles. The van der Waals surface area contributed by atoms with Crippen molar-refractivity contribution in [3.8, 4) is 5.69 Å². The molecule has 1 heterocycles. The Hall–Kier alpha value is -2.14. The second kappa shape index (κ2) is 6.54. The van der Waals surface area contributed by atoms with Crippen molar-refractivity contribution >= 4 is 5.91 Å². The van der Waals surface area contributed by atoms with Crippen molar-refractivity contribution in [3.63, 3.8) is 0 Å². The van der Waals surface area contributed by atoms with E-state index in [1.54, 1.807) is 6.20 Å². The van der Waals surface area contributed by atoms with E-state index in [-0.39, 0.29) is 5.91 Å². The summed E-state index contributed by atoms with van der Waals surface area (Å²) < 4.78 is 1.84. The minimum atomic E-state index is 0.0680. The normalized spacial score (nSPS) is 14.1. The van der Waals surface area contributed by atoms with E-state index in [9.17, 15) is 4.79 Å². The van der Waals surface area contributed by atoms with Crippen molar-refractivity contribution in [1.29, 1.82) is 0 Å². The van der Waals surface area contributed by atoms with Crippen molar-refractivity contribution in [3.05, 3.63) is 48.3 Å². The fourth-order valence-corrected chi connectivity index (χ4v) is 2.25. The molecule has 1 aliphatic carbocycles. The molecule has 0 atom stereocenters. The SMILES string of the molecule is O=C(CNCc1ccccc1-n1cccn1)NCC1CC1. The van der Waals surface area contributed by atoms with Crippen LogP contribution in [0.15, 0.2) is 42.7 Å². The van der Waals surface area contributed by atoms with Crippen LogP contribution in [0, 0.1) is 5.92 Å². The molecule has 5 nitrogen and oxygen atoms in total. The van der Waals surface area contributed by atoms with Crippen LogP contribution in [0.5, 0.6) is 0 Å². The average molecular weight is 284 g/mol. The first-order valence-electron chi connectivity index (χ1n) is 7.38. The Morgan fingerprint density at radius 2 is 2.14 bits per heavy atom. The maximum atomic E-state index is 11.7. The van der Waals surface area contributed by atoms with Gasteiger partial charge in [-0.25, -0.2) is 4.68 Å². The molecule has 0 unspecified atom stereocenters. The Morgan fingerprint density at radius 1 is 1.29 bits per heavy atom. The first-order chi connectivity index (χ1) is 10.3. The van der Waals surface area contributed by atoms with Crippen LogP contribution in [0.4, 0.5) is 0 Å². The molecule has 3 rings (SSSR count). The summed E-state index contributed by atoms with van der Waals surface area (Å²) in [5.74, 6) is 0.785. The van der Waals surface area contributed by atoms with Gasteiger partial charge in [-0.2, -0.15) is 5.10 Å². The number of amides is 1. The van der Waals surface area contributed by atoms with Gasteiger partial charge in [0.2, 0.25) is 5.91 Å². The van der Waals surface area contributed by atoms with Crippen molar-refractivity contribution in [2.45, 2.75) is 19.4 Å². The summed E-state index contributed by atoms with van der Waals surface area (Å²) in [7, 11) is 0. The highest BCUT2D eigenvalue weighted by atomic mass is 16.1. The number of rotatable bonds is 7. The summed E-state index contributed by atoms with van der Waals surface area (Å²) in [5.41, 5.74) is 2.16. The van der Waals surface area contributed by atoms with Crippen LogP contribution in [0.2, 0.25) is 0 Å². The van der Waals surface area contributed by atoms with E-state index >= 15 is 0 Å². The summed E-state index contributed by atoms with van der Waals surface area (Å²) in [6.45, 7) is 1.82. The van der Waals surface area contributed by atoms with E-state index in [2.05, 4.69) is 15.7 Å². The van der Waals surface area contributed by atoms with E-state index in [4.69, 9.17) is 0 Å². The van der Waals surface area contributed by atoms with E-state index in [1.165, 1.54) is 12.8 Å². The van der Waals surface area contributed by atoms with Gasteiger partial charge >= 0.3 is 0 Å². The van der Waals surface area contributed by atoms with Crippen LogP contribution < -0.4 is 10.6 Å². The number of carbonyl (C=O) groups excluding carboxylic acids is 1. The van der Waals surface area contributed by atoms with Gasteiger partial charge < -0.3 is 10.6 Å². The van der Waals surface area contributed by atoms with Gasteiger partial charge in [0, 0.05) is 25.5 Å². The van der Waals surface area contributed by atoms with Gasteiger partial charge in [0.1, 0.15) is 0 Å². The third-order valence-electron chi connectivity index (χ3n) is 3.63. The number of nitrogens with zero attached hydrogens (tertiary/aromatic N) is 2. The molecule has 1 fully saturated rings. The number of hydrogen-bond donors (Lipinski definition) is 2. The average Bonchev–Trinajstić information content (AvgIpc) is 3.18. The lowest BCUT2D eigenvalue weighted by atomic mass is 10.2. The van der Waals surface area contributed by atoms with Crippen molar-refractivity contribution in [2.24, 2.45) is 5.92 Å². The highest BCUT2D eigenvalue weighted by Gasteiger charge is 2.21. The first-order valence-corrected chi connectivity index (χ1v) is 7.38. The van der Waals surface area contributed by atoms with E-state index < -0.39 is 0 Å². The molecule has 5 heteroatoms. The van der Waals surface area contributed by atoms with Crippen LogP contribution in [0.25, 0.3) is 5.69 Å². The molecule has 0 spiro atoms. The molecule has 1 aromatic carbocycles. The number of hydrogen-bond acceptors (Lipinski definition) is 3. The molecular weight excluding hydrogens is 264 g/mol. The number of aromatic nitrogens is 2. The van der Waals surface area contributed by atoms with Gasteiger partial charge in [-0.1, -0.05) is 18.2 Å². The molecule has 0 bridgehead atoms. The Kier molecular flexibility index (Phi) is 4.31. The third kappa shape index (κ3) is 3.92. The summed E-state index contributed by atoms with van der Waals surface area (Å²) in [6, 6.07) is 9.96. The Labute approximate surface area is 124 Å². The second-order valence-corrected chi connectivity index (χ2v) is 5.43. The van der Waals surface area contributed by atoms with Gasteiger partial charge in [-0.3, -0.25) is 4.79 Å². The quantitative estimate of drug-likeness (QED) is 0.810. The zero-order valence-electron chi connectivity index (χ0n) is 12.0. The van der Waals surface area contributed by atoms with E-state index in [1.807, 2.05) is 41.2 Å². The lowest BCUT2D eigenvalue weighted by Gasteiger charge is -2.10. The fourth-order valence-electron chi connectivity index (χ4n) is 2.25. The maximum absolute atomic E-state index is 11.7. The number of para-hydroxylation sites is 1. The van der Waals surface area contributed by atoms with Crippen molar-refractivity contribution < 1.29 is 4.79 Å². The first kappa shape index (κ1) is 13.8. The van der Waals surface area contributed by atoms with Gasteiger partial charge in [0.25, 0.3) is 0 Å². The largest absolute Gasteiger partial charge is 0.355 e. The molecule has 1 saturated carbocycles. The van der Waals surface area contributed by atoms with Crippen molar-refractivity contribution in [2.75, 3.05) is 13.1 Å². The molecule has 0 aliphatic heterocycles. The van der Waals surface area contributed by atoms with Crippen LogP contribution >= 0.6 is 0 Å². The van der Waals surface area contributed by atoms with Crippen LogP contribution in [-0.4, -0.2) is 28.8 Å². The Balaban J connectivity index is 1.52. The summed E-state index contributed by atoms with van der Waals surface area (Å²) in [4.78, 5) is 11.7. The lowest BCUT2D eigenvalue weighted by molar-refractivity contribution is -0.120. The number of nitrogens with one attached hydrogen (secondary N) is 2. The topological polar surface area (TPSA) is 59.0 Å². The lowest BCUT2D eigenvalue weighted by Crippen LogP contribution is -2.34. The zero-order chi connectivity index (χ0) is 14.5. The van der Waals surface area contributed by atoms with Crippen LogP contribution in [0.1, 0.15) is 18.4 Å². The Bertz CT molecular complexity index is 590. The second-order valence-electron chi connectivity index (χ2n) is 5.43. The van der Waals surface area contributed by atoms with Gasteiger partial charge in [0.15, 0.2) is 0 Å². The molecule has 21 heavy (non-hydrogen) atoms. The molecule has 1 aromatic heterocycles. The summed E-state index contributed by atoms with van der Waals surface area (Å²) in [6.07, 6.45) is 6.19. The molecule has 110 valence electrons. The predicted molar refractivity (Wildman–Crippen MR) is 81.0 cm³/mol. The monoisotopic (exact) mass is 284 g/mol. The fraction of sp³-hybridized carbons (Fsp3) is 0.375. The van der Waals surface area contributed by atoms with Crippen molar-refractivity contribution in [1.82, 2.24) is 20.4 Å². The van der Waals surface area contributed by atoms with Gasteiger partial charge in [0.05, 0.1) is 12.2 Å². The summed E-state index contributed by atoms with van der Waals surface area (Å²) in [5, 5.41) is 10.4. The van der Waals surface area contributed by atoms with Gasteiger partial charge in [-0.15, -0.1) is 0 Å². The molecular formula is C16H20N4O. The minimum Gasteiger partial charge on any atom is -0.355 e. The highest BCUT2D eigenvalue weighted by molar-refractivity contribution is 5.78. The van der Waals surface area contributed by atoms with Crippen LogP contribution in [0.3, 0.4) is 0 Å². The molecule has 1 amide bonds. The third-order valence-corrected chi connectivity index (χ3v) is 3.63. The highest BCUT2D eigenvalue weighted by Crippen LogP contribution is 2.27. The van der Waals surface area contributed by atoms with Crippen LogP contribution in [-0.2, 0) is 11.3 Å². The van der Waals surface area contributed by atoms with E-state index in [0.717, 1.165) is 23.7 Å². The predicted octanol–water partition coefficient (Wildman–Crippen LogP) is 1.49. The molecule has 2 aromatic rings. The molecule has 2 N–H and O–H groups in total. The standard InChI is InChI=1S/C16H20N4O/c21-16(18-10-13-6-7-13)12-17-11-14-4-1-2-5-15(14)20-9-3-8-19-20/h1-5,8-9,13,17H,6-7,10-12H2,(H,18,21). The zero-order valence-corrected chi connectivity index (χ0v) is 12.0. The number of benzene rings is 1. The van der Waals surface area contributed by atoms with E-state index in [0.29, 0.717) is 13.1 Å². The number of carbonyl (C=O) groups is 1. The maximum Gasteiger partial charge on any atom is 0.233 e. The molecule has 1 aliphatic rings. The summed E-state index contributed by atoms with van der Waals surface area (Å²) >= 11 is 0. The van der Waals surface area contributed by atoms with Gasteiger partial charge in [-0.05, 0) is 36.5 Å². The Morgan fingerprint density at radius 3 is 2.90 bits per heavy atom.